The number of nitrogens with one attached hydrogen (secondary N) is 1. The summed E-state index contributed by atoms with van der Waals surface area (Å²) >= 11 is 5.89. The van der Waals surface area contributed by atoms with Crippen molar-refractivity contribution >= 4 is 34.1 Å². The summed E-state index contributed by atoms with van der Waals surface area (Å²) < 4.78 is 0. The number of benzene rings is 2. The van der Waals surface area contributed by atoms with Crippen LogP contribution in [0.1, 0.15) is 37.7 Å². The van der Waals surface area contributed by atoms with Crippen molar-refractivity contribution in [3.63, 3.8) is 0 Å². The van der Waals surface area contributed by atoms with Crippen molar-refractivity contribution < 1.29 is 4.79 Å². The zero-order chi connectivity index (χ0) is 20.3. The molecule has 0 unspecified atom stereocenters. The van der Waals surface area contributed by atoms with E-state index in [2.05, 4.69) is 16.4 Å². The Balaban J connectivity index is 1.44. The summed E-state index contributed by atoms with van der Waals surface area (Å²) in [6.45, 7) is 0. The van der Waals surface area contributed by atoms with Gasteiger partial charge in [0, 0.05) is 28.7 Å². The van der Waals surface area contributed by atoms with Gasteiger partial charge in [0.05, 0.1) is 17.0 Å². The van der Waals surface area contributed by atoms with E-state index in [0.29, 0.717) is 11.4 Å². The third-order valence-corrected chi connectivity index (χ3v) is 6.19. The summed E-state index contributed by atoms with van der Waals surface area (Å²) in [7, 11) is 0. The number of carbonyl (C=O) groups is 1. The first-order valence-electron chi connectivity index (χ1n) is 9.90. The van der Waals surface area contributed by atoms with Crippen LogP contribution in [0.2, 0.25) is 5.02 Å². The highest BCUT2D eigenvalue weighted by molar-refractivity contribution is 6.30. The van der Waals surface area contributed by atoms with Gasteiger partial charge in [0.15, 0.2) is 0 Å². The second-order valence-electron chi connectivity index (χ2n) is 7.77. The molecule has 1 saturated carbocycles. The first kappa shape index (κ1) is 19.4. The summed E-state index contributed by atoms with van der Waals surface area (Å²) in [5.74, 6) is 0.299. The molecule has 0 saturated heterocycles. The van der Waals surface area contributed by atoms with E-state index in [0.717, 1.165) is 47.8 Å². The Morgan fingerprint density at radius 2 is 1.86 bits per heavy atom. The number of carbonyl (C=O) groups excluding carboxylic acids is 1. The number of rotatable bonds is 4. The van der Waals surface area contributed by atoms with Crippen molar-refractivity contribution in [1.82, 2.24) is 4.98 Å². The lowest BCUT2D eigenvalue weighted by Crippen LogP contribution is -2.32. The molecule has 3 aromatic rings. The number of nitriles is 1. The minimum absolute atomic E-state index is 0.0103. The summed E-state index contributed by atoms with van der Waals surface area (Å²) in [5, 5.41) is 14.7. The fourth-order valence-corrected chi connectivity index (χ4v) is 4.46. The van der Waals surface area contributed by atoms with Gasteiger partial charge < -0.3 is 5.32 Å². The molecular weight excluding hydrogens is 382 g/mol. The van der Waals surface area contributed by atoms with Gasteiger partial charge in [0.25, 0.3) is 0 Å². The normalized spacial score (nSPS) is 21.4. The van der Waals surface area contributed by atoms with Crippen LogP contribution >= 0.6 is 11.6 Å². The number of hydrogen-bond donors (Lipinski definition) is 1. The maximum absolute atomic E-state index is 12.4. The van der Waals surface area contributed by atoms with Crippen molar-refractivity contribution in [3.05, 3.63) is 71.4 Å². The first-order valence-corrected chi connectivity index (χ1v) is 10.3. The van der Waals surface area contributed by atoms with Gasteiger partial charge in [-0.2, -0.15) is 5.26 Å². The largest absolute Gasteiger partial charge is 0.326 e. The van der Waals surface area contributed by atoms with E-state index in [1.165, 1.54) is 0 Å². The number of fused-ring (bicyclic) bond motifs is 1. The molecule has 4 nitrogen and oxygen atoms in total. The number of nitrogens with zero attached hydrogens (tertiary/aromatic N) is 2. The van der Waals surface area contributed by atoms with E-state index in [-0.39, 0.29) is 11.8 Å². The number of aromatic nitrogens is 1. The highest BCUT2D eigenvalue weighted by Crippen LogP contribution is 2.44. The molecule has 4 rings (SSSR count). The fraction of sp³-hybridized carbons (Fsp3) is 0.292. The van der Waals surface area contributed by atoms with Crippen molar-refractivity contribution in [2.75, 3.05) is 5.32 Å². The standard InChI is InChI=1S/C24H22ClN3O/c25-18-5-7-19(8-6-18)28-23(29)15-17-9-12-24(16-26,13-10-17)21-11-14-27-22-4-2-1-3-20(21)22/h1-8,11,14,17H,9-10,12-13,15H2,(H,28,29)/t17-,24+. The van der Waals surface area contributed by atoms with Crippen LogP contribution in [0.5, 0.6) is 0 Å². The molecule has 2 aromatic carbocycles. The number of pyridine rings is 1. The average molecular weight is 404 g/mol. The third kappa shape index (κ3) is 4.11. The zero-order valence-electron chi connectivity index (χ0n) is 16.1. The van der Waals surface area contributed by atoms with Crippen LogP contribution < -0.4 is 5.32 Å². The number of anilines is 1. The Bertz CT molecular complexity index is 1060. The molecule has 0 aliphatic heterocycles. The SMILES string of the molecule is N#C[C@]1(c2ccnc3ccccc32)CC[C@@H](CC(=O)Nc2ccc(Cl)cc2)CC1. The Morgan fingerprint density at radius 3 is 2.59 bits per heavy atom. The predicted octanol–water partition coefficient (Wildman–Crippen LogP) is 5.87. The molecule has 0 atom stereocenters. The van der Waals surface area contributed by atoms with E-state index in [9.17, 15) is 10.1 Å². The second kappa shape index (κ2) is 8.23. The quantitative estimate of drug-likeness (QED) is 0.592. The molecule has 0 radical (unpaired) electrons. The van der Waals surface area contributed by atoms with Crippen LogP contribution in [0.15, 0.2) is 60.8 Å². The molecule has 1 aromatic heterocycles. The monoisotopic (exact) mass is 403 g/mol. The Morgan fingerprint density at radius 1 is 1.14 bits per heavy atom. The Kier molecular flexibility index (Phi) is 5.51. The van der Waals surface area contributed by atoms with Crippen LogP contribution in [-0.4, -0.2) is 10.9 Å². The number of para-hydroxylation sites is 1. The topological polar surface area (TPSA) is 65.8 Å². The molecule has 1 heterocycles. The molecule has 1 aliphatic carbocycles. The van der Waals surface area contributed by atoms with E-state index in [1.54, 1.807) is 30.5 Å². The van der Waals surface area contributed by atoms with E-state index in [4.69, 9.17) is 11.6 Å². The summed E-state index contributed by atoms with van der Waals surface area (Å²) in [5.41, 5.74) is 2.23. The van der Waals surface area contributed by atoms with Crippen LogP contribution in [0.25, 0.3) is 10.9 Å². The molecular formula is C24H22ClN3O. The van der Waals surface area contributed by atoms with Crippen molar-refractivity contribution in [2.45, 2.75) is 37.5 Å². The molecule has 1 N–H and O–H groups in total. The molecule has 1 fully saturated rings. The van der Waals surface area contributed by atoms with E-state index < -0.39 is 5.41 Å². The number of hydrogen-bond acceptors (Lipinski definition) is 3. The maximum atomic E-state index is 12.4. The minimum atomic E-state index is -0.508. The predicted molar refractivity (Wildman–Crippen MR) is 116 cm³/mol. The van der Waals surface area contributed by atoms with Gasteiger partial charge in [-0.1, -0.05) is 29.8 Å². The molecule has 5 heteroatoms. The molecule has 1 amide bonds. The molecule has 0 bridgehead atoms. The summed E-state index contributed by atoms with van der Waals surface area (Å²) in [4.78, 5) is 16.9. The first-order chi connectivity index (χ1) is 14.1. The van der Waals surface area contributed by atoms with Gasteiger partial charge in [-0.05, 0) is 73.6 Å². The van der Waals surface area contributed by atoms with Gasteiger partial charge in [-0.15, -0.1) is 0 Å². The summed E-state index contributed by atoms with van der Waals surface area (Å²) in [6.07, 6.45) is 5.51. The smallest absolute Gasteiger partial charge is 0.224 e. The van der Waals surface area contributed by atoms with Crippen LogP contribution in [-0.2, 0) is 10.2 Å². The van der Waals surface area contributed by atoms with Crippen molar-refractivity contribution in [3.8, 4) is 6.07 Å². The van der Waals surface area contributed by atoms with Crippen molar-refractivity contribution in [2.24, 2.45) is 5.92 Å². The van der Waals surface area contributed by atoms with E-state index >= 15 is 0 Å². The van der Waals surface area contributed by atoms with Crippen LogP contribution in [0.4, 0.5) is 5.69 Å². The fourth-order valence-electron chi connectivity index (χ4n) is 4.34. The third-order valence-electron chi connectivity index (χ3n) is 5.94. The lowest BCUT2D eigenvalue weighted by atomic mass is 9.66. The van der Waals surface area contributed by atoms with Crippen LogP contribution in [0.3, 0.4) is 0 Å². The summed E-state index contributed by atoms with van der Waals surface area (Å²) in [6, 6.07) is 19.7. The lowest BCUT2D eigenvalue weighted by molar-refractivity contribution is -0.117. The Labute approximate surface area is 175 Å². The van der Waals surface area contributed by atoms with Gasteiger partial charge in [-0.25, -0.2) is 0 Å². The molecule has 29 heavy (non-hydrogen) atoms. The maximum Gasteiger partial charge on any atom is 0.224 e. The highest BCUT2D eigenvalue weighted by Gasteiger charge is 2.38. The number of halogens is 1. The number of amides is 1. The van der Waals surface area contributed by atoms with Gasteiger partial charge in [-0.3, -0.25) is 9.78 Å². The minimum Gasteiger partial charge on any atom is -0.326 e. The molecule has 146 valence electrons. The van der Waals surface area contributed by atoms with Crippen molar-refractivity contribution in [1.29, 1.82) is 5.26 Å². The van der Waals surface area contributed by atoms with Gasteiger partial charge in [0.1, 0.15) is 0 Å². The zero-order valence-corrected chi connectivity index (χ0v) is 16.8. The van der Waals surface area contributed by atoms with E-state index in [1.807, 2.05) is 30.3 Å². The second-order valence-corrected chi connectivity index (χ2v) is 8.21. The molecule has 1 aliphatic rings. The highest BCUT2D eigenvalue weighted by atomic mass is 35.5. The lowest BCUT2D eigenvalue weighted by Gasteiger charge is -2.35. The average Bonchev–Trinajstić information content (AvgIpc) is 2.76. The van der Waals surface area contributed by atoms with Gasteiger partial charge >= 0.3 is 0 Å². The van der Waals surface area contributed by atoms with Crippen LogP contribution in [0, 0.1) is 17.2 Å². The van der Waals surface area contributed by atoms with Gasteiger partial charge in [0.2, 0.25) is 5.91 Å². The Hall–Kier alpha value is -2.90. The molecule has 0 spiro atoms.